The van der Waals surface area contributed by atoms with Crippen molar-refractivity contribution in [2.45, 2.75) is 44.2 Å². The maximum absolute atomic E-state index is 9.06. The van der Waals surface area contributed by atoms with Crippen LogP contribution in [0.25, 0.3) is 0 Å². The van der Waals surface area contributed by atoms with Gasteiger partial charge in [-0.2, -0.15) is 0 Å². The van der Waals surface area contributed by atoms with Crippen LogP contribution in [-0.4, -0.2) is 17.8 Å². The average Bonchev–Trinajstić information content (AvgIpc) is 2.39. The molecule has 1 aromatic carbocycles. The molecule has 0 amide bonds. The topological polar surface area (TPSA) is 58.3 Å². The Morgan fingerprint density at radius 1 is 1.29 bits per heavy atom. The lowest BCUT2D eigenvalue weighted by Crippen LogP contribution is -2.22. The van der Waals surface area contributed by atoms with E-state index in [4.69, 9.17) is 10.8 Å². The van der Waals surface area contributed by atoms with Gasteiger partial charge in [-0.1, -0.05) is 31.4 Å². The molecule has 2 rings (SSSR count). The van der Waals surface area contributed by atoms with Crippen molar-refractivity contribution in [3.8, 4) is 0 Å². The van der Waals surface area contributed by atoms with E-state index in [0.29, 0.717) is 6.04 Å². The van der Waals surface area contributed by atoms with Crippen LogP contribution in [0.5, 0.6) is 0 Å². The van der Waals surface area contributed by atoms with Gasteiger partial charge in [0.05, 0.1) is 12.6 Å². The molecule has 0 saturated heterocycles. The number of anilines is 1. The number of hydrogen-bond donors (Lipinski definition) is 3. The van der Waals surface area contributed by atoms with Gasteiger partial charge >= 0.3 is 0 Å². The van der Waals surface area contributed by atoms with Gasteiger partial charge in [0.2, 0.25) is 0 Å². The zero-order valence-corrected chi connectivity index (χ0v) is 10.2. The third kappa shape index (κ3) is 3.45. The Morgan fingerprint density at radius 2 is 2.06 bits per heavy atom. The van der Waals surface area contributed by atoms with E-state index in [9.17, 15) is 0 Å². The molecule has 1 aliphatic carbocycles. The van der Waals surface area contributed by atoms with E-state index in [1.807, 2.05) is 12.1 Å². The molecule has 3 heteroatoms. The highest BCUT2D eigenvalue weighted by Gasteiger charge is 2.13. The SMILES string of the molecule is N[C@H](CO)c1cccc(NC2CCCCC2)c1. The molecule has 1 aromatic rings. The van der Waals surface area contributed by atoms with Crippen LogP contribution in [0.15, 0.2) is 24.3 Å². The van der Waals surface area contributed by atoms with Crippen LogP contribution in [-0.2, 0) is 0 Å². The summed E-state index contributed by atoms with van der Waals surface area (Å²) >= 11 is 0. The Bertz CT molecular complexity index is 348. The van der Waals surface area contributed by atoms with E-state index in [2.05, 4.69) is 17.4 Å². The predicted octanol–water partition coefficient (Wildman–Crippen LogP) is 2.42. The summed E-state index contributed by atoms with van der Waals surface area (Å²) in [6.45, 7) is -0.00706. The van der Waals surface area contributed by atoms with Gasteiger partial charge in [-0.3, -0.25) is 0 Å². The number of hydrogen-bond acceptors (Lipinski definition) is 3. The quantitative estimate of drug-likeness (QED) is 0.750. The maximum atomic E-state index is 9.06. The molecule has 0 spiro atoms. The van der Waals surface area contributed by atoms with Crippen LogP contribution < -0.4 is 11.1 Å². The number of benzene rings is 1. The zero-order valence-electron chi connectivity index (χ0n) is 10.2. The van der Waals surface area contributed by atoms with E-state index < -0.39 is 0 Å². The molecule has 0 aromatic heterocycles. The summed E-state index contributed by atoms with van der Waals surface area (Å²) in [5.41, 5.74) is 7.94. The Kier molecular flexibility index (Phi) is 4.40. The lowest BCUT2D eigenvalue weighted by atomic mass is 9.95. The second-order valence-electron chi connectivity index (χ2n) is 4.89. The number of nitrogens with one attached hydrogen (secondary N) is 1. The molecule has 0 bridgehead atoms. The summed E-state index contributed by atoms with van der Waals surface area (Å²) in [6.07, 6.45) is 6.54. The van der Waals surface area contributed by atoms with E-state index >= 15 is 0 Å². The van der Waals surface area contributed by atoms with Gasteiger partial charge in [-0.15, -0.1) is 0 Å². The summed E-state index contributed by atoms with van der Waals surface area (Å²) in [7, 11) is 0. The fourth-order valence-electron chi connectivity index (χ4n) is 2.45. The second-order valence-corrected chi connectivity index (χ2v) is 4.89. The predicted molar refractivity (Wildman–Crippen MR) is 71.0 cm³/mol. The number of nitrogens with two attached hydrogens (primary N) is 1. The van der Waals surface area contributed by atoms with Crippen LogP contribution in [0.2, 0.25) is 0 Å². The van der Waals surface area contributed by atoms with Crippen molar-refractivity contribution in [2.75, 3.05) is 11.9 Å². The zero-order chi connectivity index (χ0) is 12.1. The standard InChI is InChI=1S/C14H22N2O/c15-14(10-17)11-5-4-8-13(9-11)16-12-6-2-1-3-7-12/h4-5,8-9,12,14,16-17H,1-3,6-7,10,15H2/t14-/m1/s1. The van der Waals surface area contributed by atoms with Crippen molar-refractivity contribution >= 4 is 5.69 Å². The third-order valence-electron chi connectivity index (χ3n) is 3.49. The van der Waals surface area contributed by atoms with Crippen molar-refractivity contribution in [3.63, 3.8) is 0 Å². The first-order chi connectivity index (χ1) is 8.29. The van der Waals surface area contributed by atoms with Crippen molar-refractivity contribution < 1.29 is 5.11 Å². The minimum atomic E-state index is -0.275. The number of aliphatic hydroxyl groups is 1. The Balaban J connectivity index is 2.00. The monoisotopic (exact) mass is 234 g/mol. The fourth-order valence-corrected chi connectivity index (χ4v) is 2.45. The van der Waals surface area contributed by atoms with Gasteiger partial charge in [0.25, 0.3) is 0 Å². The molecular formula is C14H22N2O. The maximum Gasteiger partial charge on any atom is 0.0624 e. The van der Waals surface area contributed by atoms with Gasteiger partial charge in [0.15, 0.2) is 0 Å². The Morgan fingerprint density at radius 3 is 2.76 bits per heavy atom. The lowest BCUT2D eigenvalue weighted by molar-refractivity contribution is 0.268. The molecule has 0 heterocycles. The second kappa shape index (κ2) is 6.03. The molecule has 0 unspecified atom stereocenters. The largest absolute Gasteiger partial charge is 0.394 e. The van der Waals surface area contributed by atoms with Gasteiger partial charge in [-0.05, 0) is 30.5 Å². The highest BCUT2D eigenvalue weighted by Crippen LogP contribution is 2.23. The first-order valence-corrected chi connectivity index (χ1v) is 6.52. The smallest absolute Gasteiger partial charge is 0.0624 e. The molecule has 1 aliphatic rings. The first-order valence-electron chi connectivity index (χ1n) is 6.52. The van der Waals surface area contributed by atoms with Crippen molar-refractivity contribution in [1.82, 2.24) is 0 Å². The molecule has 17 heavy (non-hydrogen) atoms. The van der Waals surface area contributed by atoms with Crippen molar-refractivity contribution in [1.29, 1.82) is 0 Å². The Labute approximate surface area is 103 Å². The normalized spacial score (nSPS) is 18.9. The average molecular weight is 234 g/mol. The molecule has 4 N–H and O–H groups in total. The van der Waals surface area contributed by atoms with E-state index in [-0.39, 0.29) is 12.6 Å². The minimum Gasteiger partial charge on any atom is -0.394 e. The van der Waals surface area contributed by atoms with E-state index in [1.165, 1.54) is 32.1 Å². The van der Waals surface area contributed by atoms with Crippen LogP contribution in [0.4, 0.5) is 5.69 Å². The Hall–Kier alpha value is -1.06. The van der Waals surface area contributed by atoms with Crippen LogP contribution in [0.1, 0.15) is 43.7 Å². The summed E-state index contributed by atoms with van der Waals surface area (Å²) < 4.78 is 0. The van der Waals surface area contributed by atoms with E-state index in [0.717, 1.165) is 11.3 Å². The molecular weight excluding hydrogens is 212 g/mol. The summed E-state index contributed by atoms with van der Waals surface area (Å²) in [5.74, 6) is 0. The molecule has 0 aliphatic heterocycles. The molecule has 3 nitrogen and oxygen atoms in total. The number of aliphatic hydroxyl groups excluding tert-OH is 1. The summed E-state index contributed by atoms with van der Waals surface area (Å²) in [6, 6.07) is 8.41. The fraction of sp³-hybridized carbons (Fsp3) is 0.571. The highest BCUT2D eigenvalue weighted by molar-refractivity contribution is 5.47. The van der Waals surface area contributed by atoms with Crippen molar-refractivity contribution in [2.24, 2.45) is 5.73 Å². The third-order valence-corrected chi connectivity index (χ3v) is 3.49. The van der Waals surface area contributed by atoms with Gasteiger partial charge < -0.3 is 16.2 Å². The van der Waals surface area contributed by atoms with Crippen LogP contribution in [0, 0.1) is 0 Å². The van der Waals surface area contributed by atoms with Gasteiger partial charge in [0.1, 0.15) is 0 Å². The van der Waals surface area contributed by atoms with Crippen LogP contribution >= 0.6 is 0 Å². The van der Waals surface area contributed by atoms with Crippen molar-refractivity contribution in [3.05, 3.63) is 29.8 Å². The van der Waals surface area contributed by atoms with Gasteiger partial charge in [-0.25, -0.2) is 0 Å². The minimum absolute atomic E-state index is 0.00706. The molecule has 0 radical (unpaired) electrons. The molecule has 1 saturated carbocycles. The lowest BCUT2D eigenvalue weighted by Gasteiger charge is -2.24. The van der Waals surface area contributed by atoms with E-state index in [1.54, 1.807) is 0 Å². The number of rotatable bonds is 4. The van der Waals surface area contributed by atoms with Gasteiger partial charge in [0, 0.05) is 11.7 Å². The first kappa shape index (κ1) is 12.4. The molecule has 1 atom stereocenters. The summed E-state index contributed by atoms with van der Waals surface area (Å²) in [5, 5.41) is 12.6. The highest BCUT2D eigenvalue weighted by atomic mass is 16.3. The summed E-state index contributed by atoms with van der Waals surface area (Å²) in [4.78, 5) is 0. The molecule has 1 fully saturated rings. The molecule has 94 valence electrons. The van der Waals surface area contributed by atoms with Crippen LogP contribution in [0.3, 0.4) is 0 Å².